The van der Waals surface area contributed by atoms with Gasteiger partial charge in [-0.2, -0.15) is 0 Å². The monoisotopic (exact) mass is 241 g/mol. The summed E-state index contributed by atoms with van der Waals surface area (Å²) in [4.78, 5) is 11.2. The molecule has 0 aliphatic rings. The lowest BCUT2D eigenvalue weighted by atomic mass is 10.2. The van der Waals surface area contributed by atoms with Gasteiger partial charge in [0.05, 0.1) is 10.4 Å². The van der Waals surface area contributed by atoms with Gasteiger partial charge in [-0.25, -0.2) is 9.97 Å². The fraction of sp³-hybridized carbons (Fsp3) is 0.0769. The number of nitrogen functional groups attached to an aromatic ring is 1. The highest BCUT2D eigenvalue weighted by molar-refractivity contribution is 7.15. The van der Waals surface area contributed by atoms with E-state index >= 15 is 0 Å². The highest BCUT2D eigenvalue weighted by Gasteiger charge is 2.08. The Labute approximate surface area is 103 Å². The molecule has 0 fully saturated rings. The third-order valence-electron chi connectivity index (χ3n) is 2.59. The minimum atomic E-state index is 0.539. The van der Waals surface area contributed by atoms with Crippen LogP contribution in [0.15, 0.2) is 36.4 Å². The van der Waals surface area contributed by atoms with Crippen molar-refractivity contribution in [2.75, 3.05) is 5.73 Å². The third-order valence-corrected chi connectivity index (χ3v) is 3.59. The van der Waals surface area contributed by atoms with Crippen LogP contribution in [-0.4, -0.2) is 9.97 Å². The number of nitrogens with two attached hydrogens (primary N) is 1. The minimum absolute atomic E-state index is 0.539. The second-order valence-corrected chi connectivity index (χ2v) is 5.15. The van der Waals surface area contributed by atoms with E-state index in [1.165, 1.54) is 4.88 Å². The Bertz CT molecular complexity index is 688. The molecule has 0 spiro atoms. The summed E-state index contributed by atoms with van der Waals surface area (Å²) in [6.07, 6.45) is 0. The number of thiophene rings is 1. The molecule has 17 heavy (non-hydrogen) atoms. The predicted molar refractivity (Wildman–Crippen MR) is 72.0 cm³/mol. The maximum atomic E-state index is 5.95. The van der Waals surface area contributed by atoms with Crippen molar-refractivity contribution in [2.45, 2.75) is 6.92 Å². The first-order chi connectivity index (χ1) is 8.24. The van der Waals surface area contributed by atoms with Gasteiger partial charge < -0.3 is 5.73 Å². The Morgan fingerprint density at radius 1 is 1.06 bits per heavy atom. The molecule has 0 bridgehead atoms. The quantitative estimate of drug-likeness (QED) is 0.711. The number of nitrogens with zero attached hydrogens (tertiary/aromatic N) is 2. The van der Waals surface area contributed by atoms with Crippen LogP contribution in [0.1, 0.15) is 4.88 Å². The number of para-hydroxylation sites is 1. The van der Waals surface area contributed by atoms with Crippen LogP contribution in [0.5, 0.6) is 0 Å². The Kier molecular flexibility index (Phi) is 2.30. The first-order valence-corrected chi connectivity index (χ1v) is 6.15. The fourth-order valence-corrected chi connectivity index (χ4v) is 2.57. The molecule has 0 atom stereocenters. The van der Waals surface area contributed by atoms with Gasteiger partial charge >= 0.3 is 0 Å². The molecular formula is C13H11N3S. The largest absolute Gasteiger partial charge is 0.383 e. The lowest BCUT2D eigenvalue weighted by molar-refractivity contribution is 1.25. The first-order valence-electron chi connectivity index (χ1n) is 5.33. The summed E-state index contributed by atoms with van der Waals surface area (Å²) >= 11 is 1.68. The van der Waals surface area contributed by atoms with E-state index in [9.17, 15) is 0 Å². The molecule has 3 aromatic rings. The fourth-order valence-electron chi connectivity index (χ4n) is 1.77. The van der Waals surface area contributed by atoms with E-state index in [0.29, 0.717) is 11.6 Å². The van der Waals surface area contributed by atoms with Crippen LogP contribution < -0.4 is 5.73 Å². The van der Waals surface area contributed by atoms with Gasteiger partial charge in [0.25, 0.3) is 0 Å². The molecule has 0 amide bonds. The Balaban J connectivity index is 2.25. The molecule has 0 saturated carbocycles. The van der Waals surface area contributed by atoms with Crippen molar-refractivity contribution < 1.29 is 0 Å². The van der Waals surface area contributed by atoms with Crippen molar-refractivity contribution in [1.29, 1.82) is 0 Å². The molecule has 84 valence electrons. The average molecular weight is 241 g/mol. The van der Waals surface area contributed by atoms with Crippen LogP contribution in [0.25, 0.3) is 21.6 Å². The van der Waals surface area contributed by atoms with Crippen molar-refractivity contribution in [1.82, 2.24) is 9.97 Å². The van der Waals surface area contributed by atoms with Gasteiger partial charge in [-0.15, -0.1) is 11.3 Å². The van der Waals surface area contributed by atoms with Crippen molar-refractivity contribution in [3.8, 4) is 10.7 Å². The zero-order valence-corrected chi connectivity index (χ0v) is 10.2. The second-order valence-electron chi connectivity index (χ2n) is 3.86. The summed E-state index contributed by atoms with van der Waals surface area (Å²) in [6.45, 7) is 2.07. The molecule has 2 aromatic heterocycles. The number of anilines is 1. The van der Waals surface area contributed by atoms with E-state index in [-0.39, 0.29) is 0 Å². The van der Waals surface area contributed by atoms with Crippen LogP contribution in [0.2, 0.25) is 0 Å². The van der Waals surface area contributed by atoms with Gasteiger partial charge in [0, 0.05) is 10.3 Å². The molecule has 0 radical (unpaired) electrons. The Hall–Kier alpha value is -1.94. The average Bonchev–Trinajstić information content (AvgIpc) is 2.76. The summed E-state index contributed by atoms with van der Waals surface area (Å²) in [5.74, 6) is 1.25. The third kappa shape index (κ3) is 1.76. The van der Waals surface area contributed by atoms with Gasteiger partial charge in [0.15, 0.2) is 5.82 Å². The molecule has 2 N–H and O–H groups in total. The number of hydrogen-bond donors (Lipinski definition) is 1. The van der Waals surface area contributed by atoms with Gasteiger partial charge in [-0.05, 0) is 31.2 Å². The van der Waals surface area contributed by atoms with Gasteiger partial charge in [-0.3, -0.25) is 0 Å². The molecule has 3 nitrogen and oxygen atoms in total. The molecule has 0 aliphatic carbocycles. The summed E-state index contributed by atoms with van der Waals surface area (Å²) in [5.41, 5.74) is 6.84. The maximum Gasteiger partial charge on any atom is 0.172 e. The first kappa shape index (κ1) is 10.2. The summed E-state index contributed by atoms with van der Waals surface area (Å²) in [6, 6.07) is 11.9. The number of aryl methyl sites for hydroxylation is 1. The van der Waals surface area contributed by atoms with Gasteiger partial charge in [-0.1, -0.05) is 12.1 Å². The van der Waals surface area contributed by atoms with E-state index in [4.69, 9.17) is 5.73 Å². The van der Waals surface area contributed by atoms with Crippen LogP contribution >= 0.6 is 11.3 Å². The SMILES string of the molecule is Cc1ccc(-c2nc(N)c3ccccc3n2)s1. The molecule has 0 aliphatic heterocycles. The smallest absolute Gasteiger partial charge is 0.172 e. The number of benzene rings is 1. The minimum Gasteiger partial charge on any atom is -0.383 e. The highest BCUT2D eigenvalue weighted by Crippen LogP contribution is 2.27. The molecule has 0 unspecified atom stereocenters. The van der Waals surface area contributed by atoms with E-state index in [0.717, 1.165) is 15.8 Å². The molecule has 2 heterocycles. The number of fused-ring (bicyclic) bond motifs is 1. The van der Waals surface area contributed by atoms with Crippen LogP contribution in [0.3, 0.4) is 0 Å². The summed E-state index contributed by atoms with van der Waals surface area (Å²) < 4.78 is 0. The van der Waals surface area contributed by atoms with E-state index in [1.54, 1.807) is 11.3 Å². The highest BCUT2D eigenvalue weighted by atomic mass is 32.1. The summed E-state index contributed by atoms with van der Waals surface area (Å²) in [5, 5.41) is 0.907. The summed E-state index contributed by atoms with van der Waals surface area (Å²) in [7, 11) is 0. The predicted octanol–water partition coefficient (Wildman–Crippen LogP) is 3.25. The molecule has 3 rings (SSSR count). The maximum absolute atomic E-state index is 5.95. The van der Waals surface area contributed by atoms with Crippen LogP contribution in [0.4, 0.5) is 5.82 Å². The number of aromatic nitrogens is 2. The van der Waals surface area contributed by atoms with E-state index < -0.39 is 0 Å². The topological polar surface area (TPSA) is 51.8 Å². The van der Waals surface area contributed by atoms with Gasteiger partial charge in [0.1, 0.15) is 5.82 Å². The zero-order chi connectivity index (χ0) is 11.8. The van der Waals surface area contributed by atoms with Crippen molar-refractivity contribution >= 4 is 28.1 Å². The Morgan fingerprint density at radius 2 is 1.88 bits per heavy atom. The van der Waals surface area contributed by atoms with Crippen LogP contribution in [-0.2, 0) is 0 Å². The molecule has 0 saturated heterocycles. The van der Waals surface area contributed by atoms with Crippen molar-refractivity contribution in [3.63, 3.8) is 0 Å². The van der Waals surface area contributed by atoms with Crippen molar-refractivity contribution in [2.24, 2.45) is 0 Å². The van der Waals surface area contributed by atoms with Crippen LogP contribution in [0, 0.1) is 6.92 Å². The number of hydrogen-bond acceptors (Lipinski definition) is 4. The number of rotatable bonds is 1. The van der Waals surface area contributed by atoms with E-state index in [2.05, 4.69) is 23.0 Å². The van der Waals surface area contributed by atoms with Crippen molar-refractivity contribution in [3.05, 3.63) is 41.3 Å². The lowest BCUT2D eigenvalue weighted by Crippen LogP contribution is -1.96. The zero-order valence-electron chi connectivity index (χ0n) is 9.34. The Morgan fingerprint density at radius 3 is 2.65 bits per heavy atom. The van der Waals surface area contributed by atoms with E-state index in [1.807, 2.05) is 30.3 Å². The second kappa shape index (κ2) is 3.82. The molecule has 1 aromatic carbocycles. The standard InChI is InChI=1S/C13H11N3S/c1-8-6-7-11(17-8)13-15-10-5-3-2-4-9(10)12(14)16-13/h2-7H,1H3,(H2,14,15,16). The molecule has 4 heteroatoms. The lowest BCUT2D eigenvalue weighted by Gasteiger charge is -2.03. The molecular weight excluding hydrogens is 230 g/mol. The normalized spacial score (nSPS) is 10.9. The van der Waals surface area contributed by atoms with Gasteiger partial charge in [0.2, 0.25) is 0 Å².